The number of anilines is 1. The van der Waals surface area contributed by atoms with Crippen molar-refractivity contribution in [3.8, 4) is 0 Å². The minimum absolute atomic E-state index is 0.245. The summed E-state index contributed by atoms with van der Waals surface area (Å²) in [5.74, 6) is -0.263. The Hall–Kier alpha value is -0.820. The van der Waals surface area contributed by atoms with Crippen LogP contribution in [0.4, 0.5) is 5.69 Å². The maximum Gasteiger partial charge on any atom is 0.243 e. The van der Waals surface area contributed by atoms with Crippen LogP contribution in [-0.2, 0) is 14.8 Å². The number of sulfonamides is 1. The van der Waals surface area contributed by atoms with Crippen LogP contribution in [0.15, 0.2) is 29.2 Å². The number of carbonyl (C=O) groups is 1. The van der Waals surface area contributed by atoms with Crippen LogP contribution in [0.5, 0.6) is 0 Å². The zero-order valence-corrected chi connectivity index (χ0v) is 16.4. The summed E-state index contributed by atoms with van der Waals surface area (Å²) < 4.78 is 26.0. The molecule has 0 bridgehead atoms. The summed E-state index contributed by atoms with van der Waals surface area (Å²) >= 11 is 12.0. The highest BCUT2D eigenvalue weighted by Crippen LogP contribution is 2.64. The van der Waals surface area contributed by atoms with Gasteiger partial charge in [-0.05, 0) is 50.5 Å². The molecule has 0 radical (unpaired) electrons. The molecular weight excluding hydrogens is 383 g/mol. The summed E-state index contributed by atoms with van der Waals surface area (Å²) in [6.07, 6.45) is 4.32. The minimum Gasteiger partial charge on any atom is -0.326 e. The van der Waals surface area contributed by atoms with Crippen molar-refractivity contribution >= 4 is 44.8 Å². The summed E-state index contributed by atoms with van der Waals surface area (Å²) in [6, 6.07) is 6.25. The Labute approximate surface area is 158 Å². The van der Waals surface area contributed by atoms with Crippen LogP contribution in [0, 0.1) is 5.41 Å². The molecule has 2 fully saturated rings. The van der Waals surface area contributed by atoms with Gasteiger partial charge in [-0.3, -0.25) is 4.79 Å². The Morgan fingerprint density at radius 2 is 1.60 bits per heavy atom. The fraction of sp³-hybridized carbons (Fsp3) is 0.588. The molecule has 1 saturated heterocycles. The summed E-state index contributed by atoms with van der Waals surface area (Å²) in [7, 11) is -3.49. The minimum atomic E-state index is -3.49. The number of amides is 1. The third-order valence-corrected chi connectivity index (χ3v) is 8.09. The van der Waals surface area contributed by atoms with E-state index < -0.39 is 19.8 Å². The predicted octanol–water partition coefficient (Wildman–Crippen LogP) is 3.77. The van der Waals surface area contributed by atoms with Crippen LogP contribution in [0.3, 0.4) is 0 Å². The van der Waals surface area contributed by atoms with Gasteiger partial charge >= 0.3 is 0 Å². The normalized spacial score (nSPS) is 26.7. The molecule has 1 aliphatic heterocycles. The maximum absolute atomic E-state index is 12.7. The molecule has 0 spiro atoms. The first kappa shape index (κ1) is 19.0. The molecule has 1 unspecified atom stereocenters. The van der Waals surface area contributed by atoms with E-state index >= 15 is 0 Å². The number of hydrogen-bond donors (Lipinski definition) is 1. The molecule has 8 heteroatoms. The van der Waals surface area contributed by atoms with Gasteiger partial charge in [0, 0.05) is 18.8 Å². The lowest BCUT2D eigenvalue weighted by molar-refractivity contribution is -0.120. The van der Waals surface area contributed by atoms with Crippen molar-refractivity contribution in [1.29, 1.82) is 0 Å². The van der Waals surface area contributed by atoms with Gasteiger partial charge in [0.05, 0.1) is 10.3 Å². The average Bonchev–Trinajstić information content (AvgIpc) is 3.19. The molecule has 0 aromatic heterocycles. The fourth-order valence-corrected chi connectivity index (χ4v) is 5.28. The van der Waals surface area contributed by atoms with Gasteiger partial charge in [-0.1, -0.05) is 12.8 Å². The molecule has 1 aliphatic carbocycles. The van der Waals surface area contributed by atoms with E-state index in [4.69, 9.17) is 23.2 Å². The van der Waals surface area contributed by atoms with E-state index in [9.17, 15) is 13.2 Å². The van der Waals surface area contributed by atoms with E-state index in [1.54, 1.807) is 23.4 Å². The van der Waals surface area contributed by atoms with Crippen molar-refractivity contribution in [2.75, 3.05) is 18.4 Å². The number of alkyl halides is 2. The number of nitrogens with one attached hydrogen (secondary N) is 1. The largest absolute Gasteiger partial charge is 0.326 e. The first-order chi connectivity index (χ1) is 11.7. The Kier molecular flexibility index (Phi) is 5.10. The molecular formula is C17H22Cl2N2O3S. The van der Waals surface area contributed by atoms with E-state index in [-0.39, 0.29) is 10.8 Å². The molecule has 25 heavy (non-hydrogen) atoms. The Morgan fingerprint density at radius 1 is 1.08 bits per heavy atom. The van der Waals surface area contributed by atoms with Gasteiger partial charge in [0.1, 0.15) is 4.33 Å². The van der Waals surface area contributed by atoms with Crippen molar-refractivity contribution in [2.24, 2.45) is 5.41 Å². The lowest BCUT2D eigenvalue weighted by Crippen LogP contribution is -2.32. The molecule has 138 valence electrons. The monoisotopic (exact) mass is 404 g/mol. The first-order valence-electron chi connectivity index (χ1n) is 8.46. The van der Waals surface area contributed by atoms with Crippen LogP contribution in [0.25, 0.3) is 0 Å². The highest BCUT2D eigenvalue weighted by atomic mass is 35.5. The maximum atomic E-state index is 12.7. The van der Waals surface area contributed by atoms with E-state index in [0.29, 0.717) is 25.2 Å². The van der Waals surface area contributed by atoms with Crippen LogP contribution in [0.1, 0.15) is 39.0 Å². The Bertz CT molecular complexity index is 757. The van der Waals surface area contributed by atoms with Crippen molar-refractivity contribution in [1.82, 2.24) is 4.31 Å². The quantitative estimate of drug-likeness (QED) is 0.776. The average molecular weight is 405 g/mol. The van der Waals surface area contributed by atoms with Gasteiger partial charge in [0.15, 0.2) is 0 Å². The van der Waals surface area contributed by atoms with E-state index in [1.165, 1.54) is 12.1 Å². The molecule has 2 aliphatic rings. The van der Waals surface area contributed by atoms with Crippen molar-refractivity contribution < 1.29 is 13.2 Å². The summed E-state index contributed by atoms with van der Waals surface area (Å²) in [5.41, 5.74) is -0.288. The SMILES string of the molecule is CC1(C(=O)Nc2ccc(S(=O)(=O)N3CCCCCC3)cc2)CC1(Cl)Cl. The molecule has 1 heterocycles. The van der Waals surface area contributed by atoms with Gasteiger partial charge in [-0.15, -0.1) is 23.2 Å². The fourth-order valence-electron chi connectivity index (χ4n) is 3.06. The van der Waals surface area contributed by atoms with Crippen molar-refractivity contribution in [3.63, 3.8) is 0 Å². The standard InChI is InChI=1S/C17H22Cl2N2O3S/c1-16(12-17(16,18)19)15(22)20-13-6-8-14(9-7-13)25(23,24)21-10-4-2-3-5-11-21/h6-9H,2-5,10-12H2,1H3,(H,20,22). The lowest BCUT2D eigenvalue weighted by Gasteiger charge is -2.20. The van der Waals surface area contributed by atoms with Crippen molar-refractivity contribution in [2.45, 2.75) is 48.3 Å². The molecule has 1 aromatic rings. The molecule has 1 atom stereocenters. The predicted molar refractivity (Wildman–Crippen MR) is 99.5 cm³/mol. The number of hydrogen-bond acceptors (Lipinski definition) is 3. The van der Waals surface area contributed by atoms with Gasteiger partial charge < -0.3 is 5.32 Å². The Balaban J connectivity index is 1.70. The van der Waals surface area contributed by atoms with E-state index in [2.05, 4.69) is 5.32 Å². The first-order valence-corrected chi connectivity index (χ1v) is 10.7. The van der Waals surface area contributed by atoms with Crippen LogP contribution in [-0.4, -0.2) is 36.1 Å². The zero-order valence-electron chi connectivity index (χ0n) is 14.1. The van der Waals surface area contributed by atoms with Crippen LogP contribution in [0.2, 0.25) is 0 Å². The van der Waals surface area contributed by atoms with Crippen LogP contribution < -0.4 is 5.32 Å². The smallest absolute Gasteiger partial charge is 0.243 e. The molecule has 1 saturated carbocycles. The third kappa shape index (κ3) is 3.68. The number of rotatable bonds is 4. The second kappa shape index (κ2) is 6.72. The van der Waals surface area contributed by atoms with Gasteiger partial charge in [0.2, 0.25) is 15.9 Å². The van der Waals surface area contributed by atoms with E-state index in [1.807, 2.05) is 0 Å². The third-order valence-electron chi connectivity index (χ3n) is 5.07. The number of nitrogens with zero attached hydrogens (tertiary/aromatic N) is 1. The van der Waals surface area contributed by atoms with Crippen LogP contribution >= 0.6 is 23.2 Å². The molecule has 5 nitrogen and oxygen atoms in total. The lowest BCUT2D eigenvalue weighted by atomic mass is 10.1. The summed E-state index contributed by atoms with van der Waals surface area (Å²) in [4.78, 5) is 12.5. The summed E-state index contributed by atoms with van der Waals surface area (Å²) in [6.45, 7) is 2.83. The number of halogens is 2. The number of benzene rings is 1. The Morgan fingerprint density at radius 3 is 2.08 bits per heavy atom. The van der Waals surface area contributed by atoms with Gasteiger partial charge in [-0.25, -0.2) is 8.42 Å². The molecule has 1 amide bonds. The van der Waals surface area contributed by atoms with Gasteiger partial charge in [0.25, 0.3) is 0 Å². The topological polar surface area (TPSA) is 66.5 Å². The molecule has 1 aromatic carbocycles. The second-order valence-electron chi connectivity index (χ2n) is 7.01. The van der Waals surface area contributed by atoms with E-state index in [0.717, 1.165) is 25.7 Å². The zero-order chi connectivity index (χ0) is 18.3. The highest BCUT2D eigenvalue weighted by Gasteiger charge is 2.67. The summed E-state index contributed by atoms with van der Waals surface area (Å²) in [5, 5.41) is 2.75. The molecule has 3 rings (SSSR count). The second-order valence-corrected chi connectivity index (χ2v) is 10.4. The number of carbonyl (C=O) groups excluding carboxylic acids is 1. The van der Waals surface area contributed by atoms with Crippen molar-refractivity contribution in [3.05, 3.63) is 24.3 Å². The molecule has 1 N–H and O–H groups in total. The highest BCUT2D eigenvalue weighted by molar-refractivity contribution is 7.89. The van der Waals surface area contributed by atoms with Gasteiger partial charge in [-0.2, -0.15) is 4.31 Å².